The zero-order valence-corrected chi connectivity index (χ0v) is 19.1. The summed E-state index contributed by atoms with van der Waals surface area (Å²) in [5.74, 6) is -0.805. The van der Waals surface area contributed by atoms with Crippen molar-refractivity contribution >= 4 is 38.5 Å². The average molecular weight is 479 g/mol. The van der Waals surface area contributed by atoms with E-state index in [-0.39, 0.29) is 22.6 Å². The fourth-order valence-corrected chi connectivity index (χ4v) is 5.62. The minimum absolute atomic E-state index is 0.0654. The molecule has 2 heterocycles. The topological polar surface area (TPSA) is 98.8 Å². The van der Waals surface area contributed by atoms with Gasteiger partial charge in [-0.05, 0) is 43.2 Å². The lowest BCUT2D eigenvalue weighted by molar-refractivity contribution is 0.0967. The summed E-state index contributed by atoms with van der Waals surface area (Å²) in [5, 5.41) is 0.363. The molecule has 10 heteroatoms. The van der Waals surface area contributed by atoms with Crippen LogP contribution in [0.2, 0.25) is 5.02 Å². The predicted molar refractivity (Wildman–Crippen MR) is 120 cm³/mol. The molecule has 0 spiro atoms. The maximum atomic E-state index is 13.1. The van der Waals surface area contributed by atoms with E-state index >= 15 is 0 Å². The normalized spacial score (nSPS) is 15.6. The first-order valence-electron chi connectivity index (χ1n) is 10.3. The van der Waals surface area contributed by atoms with E-state index in [0.29, 0.717) is 29.4 Å². The van der Waals surface area contributed by atoms with Gasteiger partial charge in [0.05, 0.1) is 29.6 Å². The lowest BCUT2D eigenvalue weighted by Gasteiger charge is -2.19. The molecular weight excluding hydrogens is 456 g/mol. The first-order valence-corrected chi connectivity index (χ1v) is 12.1. The molecule has 2 aromatic carbocycles. The number of carbonyl (C=O) groups excluding carboxylic acids is 1. The fourth-order valence-electron chi connectivity index (χ4n) is 3.91. The van der Waals surface area contributed by atoms with Crippen LogP contribution in [0.5, 0.6) is 5.75 Å². The minimum Gasteiger partial charge on any atom is -0.496 e. The SMILES string of the molecule is COc1ccc(Cl)cc1C(=O)Cn1c(=O)oc2cc(S(=O)(=O)N3CCCCCC3)ccc21. The van der Waals surface area contributed by atoms with Gasteiger partial charge in [0.25, 0.3) is 0 Å². The number of benzene rings is 2. The molecule has 0 bridgehead atoms. The molecule has 1 saturated heterocycles. The summed E-state index contributed by atoms with van der Waals surface area (Å²) in [6.07, 6.45) is 3.66. The molecule has 0 unspecified atom stereocenters. The van der Waals surface area contributed by atoms with Gasteiger partial charge in [0, 0.05) is 24.2 Å². The van der Waals surface area contributed by atoms with Gasteiger partial charge in [0.15, 0.2) is 11.4 Å². The van der Waals surface area contributed by atoms with Crippen LogP contribution in [0.25, 0.3) is 11.1 Å². The van der Waals surface area contributed by atoms with E-state index in [1.807, 2.05) is 0 Å². The Morgan fingerprint density at radius 3 is 2.50 bits per heavy atom. The largest absolute Gasteiger partial charge is 0.496 e. The number of hydrogen-bond acceptors (Lipinski definition) is 6. The Bertz CT molecular complexity index is 1320. The molecule has 0 N–H and O–H groups in total. The molecule has 3 aromatic rings. The summed E-state index contributed by atoms with van der Waals surface area (Å²) in [4.78, 5) is 25.4. The number of Topliss-reactive ketones (excluding diaryl/α,β-unsaturated/α-hetero) is 1. The Labute approximate surface area is 190 Å². The van der Waals surface area contributed by atoms with Gasteiger partial charge in [-0.15, -0.1) is 0 Å². The van der Waals surface area contributed by atoms with Gasteiger partial charge >= 0.3 is 5.76 Å². The van der Waals surface area contributed by atoms with E-state index in [1.165, 1.54) is 40.2 Å². The van der Waals surface area contributed by atoms with Crippen molar-refractivity contribution in [2.45, 2.75) is 37.1 Å². The van der Waals surface area contributed by atoms with Crippen LogP contribution in [-0.4, -0.2) is 43.3 Å². The first-order chi connectivity index (χ1) is 15.3. The average Bonchev–Trinajstić information content (AvgIpc) is 2.95. The number of methoxy groups -OCH3 is 1. The van der Waals surface area contributed by atoms with E-state index < -0.39 is 21.6 Å². The van der Waals surface area contributed by atoms with E-state index in [4.69, 9.17) is 20.8 Å². The van der Waals surface area contributed by atoms with E-state index in [9.17, 15) is 18.0 Å². The highest BCUT2D eigenvalue weighted by molar-refractivity contribution is 7.89. The van der Waals surface area contributed by atoms with Crippen molar-refractivity contribution in [1.29, 1.82) is 0 Å². The van der Waals surface area contributed by atoms with Gasteiger partial charge in [0.1, 0.15) is 5.75 Å². The number of halogens is 1. The van der Waals surface area contributed by atoms with Gasteiger partial charge in [-0.2, -0.15) is 4.31 Å². The number of nitrogens with zero attached hydrogens (tertiary/aromatic N) is 2. The van der Waals surface area contributed by atoms with Gasteiger partial charge in [0.2, 0.25) is 10.0 Å². The van der Waals surface area contributed by atoms with E-state index in [2.05, 4.69) is 0 Å². The van der Waals surface area contributed by atoms with Crippen molar-refractivity contribution in [1.82, 2.24) is 8.87 Å². The molecule has 0 aliphatic carbocycles. The van der Waals surface area contributed by atoms with Crippen molar-refractivity contribution in [3.63, 3.8) is 0 Å². The van der Waals surface area contributed by atoms with Crippen LogP contribution >= 0.6 is 11.6 Å². The highest BCUT2D eigenvalue weighted by Crippen LogP contribution is 2.26. The van der Waals surface area contributed by atoms with Crippen LogP contribution in [0, 0.1) is 0 Å². The molecule has 1 aromatic heterocycles. The summed E-state index contributed by atoms with van der Waals surface area (Å²) in [6.45, 7) is 0.642. The molecule has 1 fully saturated rings. The number of fused-ring (bicyclic) bond motifs is 1. The van der Waals surface area contributed by atoms with Crippen molar-refractivity contribution in [3.05, 3.63) is 57.5 Å². The Hall–Kier alpha value is -2.62. The molecule has 0 saturated carbocycles. The second-order valence-corrected chi connectivity index (χ2v) is 10.0. The third kappa shape index (κ3) is 4.32. The summed E-state index contributed by atoms with van der Waals surface area (Å²) in [6, 6.07) is 8.93. The van der Waals surface area contributed by atoms with Crippen LogP contribution in [0.4, 0.5) is 0 Å². The van der Waals surface area contributed by atoms with Crippen molar-refractivity contribution in [2.24, 2.45) is 0 Å². The Morgan fingerprint density at radius 2 is 1.81 bits per heavy atom. The van der Waals surface area contributed by atoms with Gasteiger partial charge in [-0.3, -0.25) is 9.36 Å². The maximum Gasteiger partial charge on any atom is 0.420 e. The third-order valence-corrected chi connectivity index (χ3v) is 7.74. The molecule has 0 radical (unpaired) electrons. The summed E-state index contributed by atoms with van der Waals surface area (Å²) in [5.41, 5.74) is 0.678. The van der Waals surface area contributed by atoms with Crippen LogP contribution in [0.15, 0.2) is 50.5 Å². The van der Waals surface area contributed by atoms with E-state index in [0.717, 1.165) is 25.7 Å². The van der Waals surface area contributed by atoms with Crippen LogP contribution < -0.4 is 10.5 Å². The number of ether oxygens (including phenoxy) is 1. The molecule has 1 aliphatic heterocycles. The summed E-state index contributed by atoms with van der Waals surface area (Å²) in [7, 11) is -2.26. The van der Waals surface area contributed by atoms with Crippen LogP contribution in [0.1, 0.15) is 36.0 Å². The fraction of sp³-hybridized carbons (Fsp3) is 0.364. The number of rotatable bonds is 6. The smallest absolute Gasteiger partial charge is 0.420 e. The number of ketones is 1. The molecule has 32 heavy (non-hydrogen) atoms. The third-order valence-electron chi connectivity index (χ3n) is 5.61. The van der Waals surface area contributed by atoms with Crippen LogP contribution in [0.3, 0.4) is 0 Å². The molecule has 0 atom stereocenters. The zero-order valence-electron chi connectivity index (χ0n) is 17.5. The van der Waals surface area contributed by atoms with Gasteiger partial charge in [-0.1, -0.05) is 24.4 Å². The van der Waals surface area contributed by atoms with Crippen LogP contribution in [-0.2, 0) is 16.6 Å². The zero-order chi connectivity index (χ0) is 22.9. The second kappa shape index (κ2) is 9.09. The van der Waals surface area contributed by atoms with E-state index in [1.54, 1.807) is 12.1 Å². The number of aromatic nitrogens is 1. The number of sulfonamides is 1. The van der Waals surface area contributed by atoms with Crippen molar-refractivity contribution < 1.29 is 22.4 Å². The number of hydrogen-bond donors (Lipinski definition) is 0. The number of carbonyl (C=O) groups is 1. The standard InChI is InChI=1S/C22H23ClN2O6S/c1-30-20-9-6-15(23)12-17(20)19(26)14-25-18-8-7-16(13-21(18)31-22(25)27)32(28,29)24-10-4-2-3-5-11-24/h6-9,12-13H,2-5,10-11,14H2,1H3. The van der Waals surface area contributed by atoms with Gasteiger partial charge in [-0.25, -0.2) is 13.2 Å². The predicted octanol–water partition coefficient (Wildman–Crippen LogP) is 3.70. The highest BCUT2D eigenvalue weighted by atomic mass is 35.5. The Balaban J connectivity index is 1.67. The number of oxazole rings is 1. The lowest BCUT2D eigenvalue weighted by Crippen LogP contribution is -2.31. The quantitative estimate of drug-likeness (QED) is 0.501. The molecule has 4 rings (SSSR count). The monoisotopic (exact) mass is 478 g/mol. The summed E-state index contributed by atoms with van der Waals surface area (Å²) >= 11 is 6.00. The van der Waals surface area contributed by atoms with Crippen molar-refractivity contribution in [2.75, 3.05) is 20.2 Å². The lowest BCUT2D eigenvalue weighted by atomic mass is 10.1. The highest BCUT2D eigenvalue weighted by Gasteiger charge is 2.26. The Morgan fingerprint density at radius 1 is 1.09 bits per heavy atom. The maximum absolute atomic E-state index is 13.1. The molecule has 170 valence electrons. The van der Waals surface area contributed by atoms with Crippen molar-refractivity contribution in [3.8, 4) is 5.75 Å². The first kappa shape index (κ1) is 22.6. The summed E-state index contributed by atoms with van der Waals surface area (Å²) < 4.78 is 39.3. The molecule has 8 nitrogen and oxygen atoms in total. The molecule has 0 amide bonds. The Kier molecular flexibility index (Phi) is 6.41. The minimum atomic E-state index is -3.70. The van der Waals surface area contributed by atoms with Gasteiger partial charge < -0.3 is 9.15 Å². The second-order valence-electron chi connectivity index (χ2n) is 7.67. The molecular formula is C22H23ClN2O6S. The molecule has 1 aliphatic rings.